The van der Waals surface area contributed by atoms with E-state index in [1.165, 1.54) is 12.1 Å². The van der Waals surface area contributed by atoms with Crippen LogP contribution in [0.15, 0.2) is 42.5 Å². The summed E-state index contributed by atoms with van der Waals surface area (Å²) in [6.45, 7) is 1.51. The van der Waals surface area contributed by atoms with Crippen LogP contribution in [-0.4, -0.2) is 25.5 Å². The summed E-state index contributed by atoms with van der Waals surface area (Å²) in [4.78, 5) is 2.16. The zero-order chi connectivity index (χ0) is 17.2. The Hall–Kier alpha value is -2.15. The maximum absolute atomic E-state index is 13.4. The average molecular weight is 323 g/mol. The van der Waals surface area contributed by atoms with E-state index in [9.17, 15) is 4.39 Å². The van der Waals surface area contributed by atoms with Gasteiger partial charge < -0.3 is 9.64 Å². The molecule has 124 valence electrons. The largest absolute Gasteiger partial charge is 0.361 e. The van der Waals surface area contributed by atoms with Crippen LogP contribution in [0.4, 0.5) is 4.39 Å². The van der Waals surface area contributed by atoms with Gasteiger partial charge in [0.1, 0.15) is 11.4 Å². The van der Waals surface area contributed by atoms with Crippen LogP contribution in [0.1, 0.15) is 35.1 Å². The summed E-state index contributed by atoms with van der Waals surface area (Å²) < 4.78 is 19.7. The molecule has 2 aromatic carbocycles. The Bertz CT molecular complexity index is 760. The van der Waals surface area contributed by atoms with E-state index in [1.54, 1.807) is 0 Å². The number of fused-ring (bicyclic) bond motifs is 1. The van der Waals surface area contributed by atoms with Crippen molar-refractivity contribution in [2.45, 2.75) is 25.0 Å². The fourth-order valence-corrected chi connectivity index (χ4v) is 3.43. The van der Waals surface area contributed by atoms with E-state index in [4.69, 9.17) is 11.2 Å². The minimum atomic E-state index is -0.522. The van der Waals surface area contributed by atoms with Gasteiger partial charge in [0.2, 0.25) is 0 Å². The highest BCUT2D eigenvalue weighted by atomic mass is 19.1. The van der Waals surface area contributed by atoms with Crippen LogP contribution < -0.4 is 0 Å². The number of rotatable bonds is 5. The second-order valence-electron chi connectivity index (χ2n) is 6.55. The van der Waals surface area contributed by atoms with Crippen molar-refractivity contribution in [1.82, 2.24) is 4.90 Å². The van der Waals surface area contributed by atoms with E-state index < -0.39 is 5.60 Å². The van der Waals surface area contributed by atoms with Gasteiger partial charge in [0.25, 0.3) is 0 Å². The van der Waals surface area contributed by atoms with Crippen LogP contribution in [0.5, 0.6) is 0 Å². The van der Waals surface area contributed by atoms with Gasteiger partial charge in [-0.05, 0) is 74.4 Å². The highest BCUT2D eigenvalue weighted by Crippen LogP contribution is 2.45. The first-order valence-electron chi connectivity index (χ1n) is 8.20. The Morgan fingerprint density at radius 2 is 1.96 bits per heavy atom. The summed E-state index contributed by atoms with van der Waals surface area (Å²) in [6.07, 6.45) is 7.35. The fraction of sp³-hybridized carbons (Fsp3) is 0.333. The van der Waals surface area contributed by atoms with Crippen molar-refractivity contribution in [3.05, 3.63) is 70.5 Å². The molecule has 1 unspecified atom stereocenters. The van der Waals surface area contributed by atoms with Gasteiger partial charge in [0.15, 0.2) is 0 Å². The van der Waals surface area contributed by atoms with E-state index in [0.717, 1.165) is 41.6 Å². The molecule has 1 aliphatic heterocycles. The number of halogens is 1. The lowest BCUT2D eigenvalue weighted by molar-refractivity contribution is -0.0140. The summed E-state index contributed by atoms with van der Waals surface area (Å²) in [5.41, 5.74) is 3.61. The van der Waals surface area contributed by atoms with Gasteiger partial charge >= 0.3 is 0 Å². The Labute approximate surface area is 143 Å². The second kappa shape index (κ2) is 6.76. The third-order valence-electron chi connectivity index (χ3n) is 4.63. The predicted molar refractivity (Wildman–Crippen MR) is 94.1 cm³/mol. The van der Waals surface area contributed by atoms with Crippen molar-refractivity contribution < 1.29 is 9.13 Å². The minimum Gasteiger partial charge on any atom is -0.361 e. The summed E-state index contributed by atoms with van der Waals surface area (Å²) in [5.74, 6) is 2.44. The molecule has 3 rings (SSSR count). The molecule has 2 nitrogen and oxygen atoms in total. The monoisotopic (exact) mass is 323 g/mol. The van der Waals surface area contributed by atoms with Crippen LogP contribution >= 0.6 is 0 Å². The summed E-state index contributed by atoms with van der Waals surface area (Å²) in [5, 5.41) is 0. The molecule has 0 radical (unpaired) electrons. The normalized spacial score (nSPS) is 19.3. The first-order chi connectivity index (χ1) is 11.5. The van der Waals surface area contributed by atoms with E-state index in [0.29, 0.717) is 6.61 Å². The van der Waals surface area contributed by atoms with Gasteiger partial charge in [0, 0.05) is 5.56 Å². The number of nitrogens with zero attached hydrogens (tertiary/aromatic N) is 1. The van der Waals surface area contributed by atoms with E-state index >= 15 is 0 Å². The lowest BCUT2D eigenvalue weighted by atomic mass is 9.81. The SMILES string of the molecule is C#Cc1ccc2c(c1)COC2(CCCN(C)C)c1ccc(F)cc1. The van der Waals surface area contributed by atoms with Crippen molar-refractivity contribution in [1.29, 1.82) is 0 Å². The second-order valence-corrected chi connectivity index (χ2v) is 6.55. The van der Waals surface area contributed by atoms with Gasteiger partial charge in [-0.1, -0.05) is 24.1 Å². The topological polar surface area (TPSA) is 12.5 Å². The molecule has 0 N–H and O–H groups in total. The molecule has 0 fully saturated rings. The van der Waals surface area contributed by atoms with Gasteiger partial charge in [-0.15, -0.1) is 6.42 Å². The van der Waals surface area contributed by atoms with Crippen molar-refractivity contribution in [2.75, 3.05) is 20.6 Å². The van der Waals surface area contributed by atoms with Gasteiger partial charge in [-0.3, -0.25) is 0 Å². The lowest BCUT2D eigenvalue weighted by Crippen LogP contribution is -2.28. The molecule has 2 aromatic rings. The number of benzene rings is 2. The Morgan fingerprint density at radius 3 is 2.62 bits per heavy atom. The number of ether oxygens (including phenoxy) is 1. The number of hydrogen-bond donors (Lipinski definition) is 0. The van der Waals surface area contributed by atoms with Crippen molar-refractivity contribution in [2.24, 2.45) is 0 Å². The molecule has 0 aromatic heterocycles. The van der Waals surface area contributed by atoms with Crippen molar-refractivity contribution >= 4 is 0 Å². The molecule has 1 atom stereocenters. The Kier molecular flexibility index (Phi) is 4.71. The highest BCUT2D eigenvalue weighted by molar-refractivity contribution is 5.48. The van der Waals surface area contributed by atoms with Crippen LogP contribution in [-0.2, 0) is 16.9 Å². The average Bonchev–Trinajstić information content (AvgIpc) is 2.94. The molecule has 24 heavy (non-hydrogen) atoms. The molecule has 0 spiro atoms. The van der Waals surface area contributed by atoms with Crippen LogP contribution in [0.3, 0.4) is 0 Å². The smallest absolute Gasteiger partial charge is 0.123 e. The predicted octanol–water partition coefficient (Wildman–Crippen LogP) is 3.92. The summed E-state index contributed by atoms with van der Waals surface area (Å²) >= 11 is 0. The lowest BCUT2D eigenvalue weighted by Gasteiger charge is -2.31. The zero-order valence-corrected chi connectivity index (χ0v) is 14.2. The Morgan fingerprint density at radius 1 is 1.21 bits per heavy atom. The van der Waals surface area contributed by atoms with Gasteiger partial charge in [-0.25, -0.2) is 4.39 Å². The first-order valence-corrected chi connectivity index (χ1v) is 8.20. The molecule has 0 amide bonds. The molecule has 0 saturated heterocycles. The van der Waals surface area contributed by atoms with Crippen LogP contribution in [0.25, 0.3) is 0 Å². The molecule has 1 aliphatic rings. The van der Waals surface area contributed by atoms with E-state index in [2.05, 4.69) is 31.0 Å². The van der Waals surface area contributed by atoms with Crippen LogP contribution in [0.2, 0.25) is 0 Å². The van der Waals surface area contributed by atoms with Gasteiger partial charge in [-0.2, -0.15) is 0 Å². The molecule has 3 heteroatoms. The molecular weight excluding hydrogens is 301 g/mol. The third kappa shape index (κ3) is 3.08. The maximum Gasteiger partial charge on any atom is 0.123 e. The zero-order valence-electron chi connectivity index (χ0n) is 14.2. The minimum absolute atomic E-state index is 0.233. The molecule has 0 aliphatic carbocycles. The van der Waals surface area contributed by atoms with Gasteiger partial charge in [0.05, 0.1) is 6.61 Å². The fourth-order valence-electron chi connectivity index (χ4n) is 3.43. The Balaban J connectivity index is 2.02. The third-order valence-corrected chi connectivity index (χ3v) is 4.63. The maximum atomic E-state index is 13.4. The van der Waals surface area contributed by atoms with Crippen molar-refractivity contribution in [3.8, 4) is 12.3 Å². The standard InChI is InChI=1S/C21H22FNO/c1-4-16-6-11-20-17(14-16)15-24-21(20,12-5-13-23(2)3)18-7-9-19(22)10-8-18/h1,6-11,14H,5,12-13,15H2,2-3H3. The summed E-state index contributed by atoms with van der Waals surface area (Å²) in [7, 11) is 4.13. The van der Waals surface area contributed by atoms with Crippen molar-refractivity contribution in [3.63, 3.8) is 0 Å². The quantitative estimate of drug-likeness (QED) is 0.773. The van der Waals surface area contributed by atoms with E-state index in [1.807, 2.05) is 24.3 Å². The number of hydrogen-bond acceptors (Lipinski definition) is 2. The highest BCUT2D eigenvalue weighted by Gasteiger charge is 2.41. The first kappa shape index (κ1) is 16.7. The van der Waals surface area contributed by atoms with Crippen LogP contribution in [0, 0.1) is 18.2 Å². The molecule has 0 bridgehead atoms. The summed E-state index contributed by atoms with van der Waals surface area (Å²) in [6, 6.07) is 12.7. The van der Waals surface area contributed by atoms with E-state index in [-0.39, 0.29) is 5.82 Å². The molecule has 1 heterocycles. The number of terminal acetylenes is 1. The molecule has 0 saturated carbocycles. The molecular formula is C21H22FNO.